The highest BCUT2D eigenvalue weighted by Gasteiger charge is 2.34. The zero-order valence-corrected chi connectivity index (χ0v) is 17.4. The highest BCUT2D eigenvalue weighted by molar-refractivity contribution is 14.0. The third-order valence-corrected chi connectivity index (χ3v) is 4.32. The number of hydrogen-bond donors (Lipinski definition) is 3. The van der Waals surface area contributed by atoms with Crippen LogP contribution in [0.1, 0.15) is 19.8 Å². The standard InChI is InChI=1S/C18H29N3O3.HI/c1-15(24-16-6-4-3-5-7-16)12-20-17(19-2)21-13-18(8-10-22)9-11-23-14-18;/h3-7,15,22H,8-14H2,1-2H3,(H2,19,20,21);1H. The maximum absolute atomic E-state index is 9.28. The number of aliphatic hydroxyl groups is 1. The summed E-state index contributed by atoms with van der Waals surface area (Å²) in [5.74, 6) is 1.60. The van der Waals surface area contributed by atoms with Crippen LogP contribution in [-0.2, 0) is 4.74 Å². The summed E-state index contributed by atoms with van der Waals surface area (Å²) < 4.78 is 11.4. The molecule has 2 rings (SSSR count). The van der Waals surface area contributed by atoms with Gasteiger partial charge in [-0.2, -0.15) is 0 Å². The van der Waals surface area contributed by atoms with Gasteiger partial charge < -0.3 is 25.2 Å². The second-order valence-corrected chi connectivity index (χ2v) is 6.32. The molecule has 0 bridgehead atoms. The lowest BCUT2D eigenvalue weighted by atomic mass is 9.84. The topological polar surface area (TPSA) is 75.1 Å². The summed E-state index contributed by atoms with van der Waals surface area (Å²) in [5, 5.41) is 15.9. The monoisotopic (exact) mass is 463 g/mol. The first-order chi connectivity index (χ1) is 11.7. The molecule has 1 aliphatic heterocycles. The molecule has 1 aliphatic rings. The van der Waals surface area contributed by atoms with Crippen molar-refractivity contribution in [3.8, 4) is 5.75 Å². The second-order valence-electron chi connectivity index (χ2n) is 6.32. The average molecular weight is 463 g/mol. The van der Waals surface area contributed by atoms with E-state index in [1.165, 1.54) is 0 Å². The molecule has 0 aromatic heterocycles. The van der Waals surface area contributed by atoms with E-state index in [9.17, 15) is 5.11 Å². The Morgan fingerprint density at radius 1 is 1.36 bits per heavy atom. The van der Waals surface area contributed by atoms with E-state index >= 15 is 0 Å². The lowest BCUT2D eigenvalue weighted by Gasteiger charge is -2.28. The number of rotatable bonds is 8. The number of hydrogen-bond acceptors (Lipinski definition) is 4. The number of para-hydroxylation sites is 1. The van der Waals surface area contributed by atoms with Crippen molar-refractivity contribution < 1.29 is 14.6 Å². The minimum absolute atomic E-state index is 0. The van der Waals surface area contributed by atoms with E-state index in [4.69, 9.17) is 9.47 Å². The van der Waals surface area contributed by atoms with E-state index < -0.39 is 0 Å². The van der Waals surface area contributed by atoms with Gasteiger partial charge in [0.2, 0.25) is 0 Å². The van der Waals surface area contributed by atoms with Crippen LogP contribution >= 0.6 is 24.0 Å². The molecule has 0 radical (unpaired) electrons. The lowest BCUT2D eigenvalue weighted by molar-refractivity contribution is 0.127. The van der Waals surface area contributed by atoms with Crippen molar-refractivity contribution >= 4 is 29.9 Å². The van der Waals surface area contributed by atoms with E-state index in [2.05, 4.69) is 15.6 Å². The van der Waals surface area contributed by atoms with Crippen molar-refractivity contribution in [2.75, 3.05) is 40.0 Å². The predicted molar refractivity (Wildman–Crippen MR) is 111 cm³/mol. The van der Waals surface area contributed by atoms with Gasteiger partial charge in [-0.05, 0) is 31.9 Å². The first-order valence-electron chi connectivity index (χ1n) is 8.52. The van der Waals surface area contributed by atoms with Crippen molar-refractivity contribution in [2.45, 2.75) is 25.9 Å². The normalized spacial score (nSPS) is 21.3. The highest BCUT2D eigenvalue weighted by atomic mass is 127. The van der Waals surface area contributed by atoms with Crippen molar-refractivity contribution in [3.05, 3.63) is 30.3 Å². The summed E-state index contributed by atoms with van der Waals surface area (Å²) in [4.78, 5) is 4.25. The highest BCUT2D eigenvalue weighted by Crippen LogP contribution is 2.31. The van der Waals surface area contributed by atoms with Crippen LogP contribution in [0.3, 0.4) is 0 Å². The summed E-state index contributed by atoms with van der Waals surface area (Å²) in [7, 11) is 1.75. The Kier molecular flexibility index (Phi) is 10.1. The predicted octanol–water partition coefficient (Wildman–Crippen LogP) is 2.03. The fraction of sp³-hybridized carbons (Fsp3) is 0.611. The molecular formula is C18H30IN3O3. The second kappa shape index (κ2) is 11.5. The maximum Gasteiger partial charge on any atom is 0.191 e. The molecular weight excluding hydrogens is 433 g/mol. The van der Waals surface area contributed by atoms with Crippen molar-refractivity contribution in [1.29, 1.82) is 0 Å². The molecule has 6 nitrogen and oxygen atoms in total. The third-order valence-electron chi connectivity index (χ3n) is 4.32. The summed E-state index contributed by atoms with van der Waals surface area (Å²) in [6.45, 7) is 5.03. The van der Waals surface area contributed by atoms with E-state index in [0.29, 0.717) is 13.2 Å². The van der Waals surface area contributed by atoms with Crippen LogP contribution in [0.5, 0.6) is 5.75 Å². The van der Waals surface area contributed by atoms with Gasteiger partial charge in [0.15, 0.2) is 5.96 Å². The summed E-state index contributed by atoms with van der Waals surface area (Å²) in [5.41, 5.74) is -0.00146. The number of halogens is 1. The Bertz CT molecular complexity index is 508. The van der Waals surface area contributed by atoms with Crippen LogP contribution < -0.4 is 15.4 Å². The molecule has 1 aromatic carbocycles. The van der Waals surface area contributed by atoms with Gasteiger partial charge in [-0.15, -0.1) is 24.0 Å². The third kappa shape index (κ3) is 7.37. The van der Waals surface area contributed by atoms with Crippen LogP contribution in [0.15, 0.2) is 35.3 Å². The van der Waals surface area contributed by atoms with Gasteiger partial charge in [0, 0.05) is 32.2 Å². The summed E-state index contributed by atoms with van der Waals surface area (Å²) >= 11 is 0. The molecule has 2 atom stereocenters. The first kappa shape index (κ1) is 22.0. The van der Waals surface area contributed by atoms with Crippen molar-refractivity contribution in [1.82, 2.24) is 10.6 Å². The van der Waals surface area contributed by atoms with E-state index in [0.717, 1.165) is 37.7 Å². The zero-order valence-electron chi connectivity index (χ0n) is 15.0. The van der Waals surface area contributed by atoms with E-state index in [-0.39, 0.29) is 42.1 Å². The van der Waals surface area contributed by atoms with Crippen molar-refractivity contribution in [2.24, 2.45) is 10.4 Å². The molecule has 25 heavy (non-hydrogen) atoms. The lowest BCUT2D eigenvalue weighted by Crippen LogP contribution is -2.46. The molecule has 1 fully saturated rings. The molecule has 1 heterocycles. The fourth-order valence-electron chi connectivity index (χ4n) is 2.82. The molecule has 0 spiro atoms. The minimum Gasteiger partial charge on any atom is -0.489 e. The fourth-order valence-corrected chi connectivity index (χ4v) is 2.82. The van der Waals surface area contributed by atoms with Gasteiger partial charge in [-0.25, -0.2) is 0 Å². The number of nitrogens with one attached hydrogen (secondary N) is 2. The van der Waals surface area contributed by atoms with Gasteiger partial charge >= 0.3 is 0 Å². The van der Waals surface area contributed by atoms with Crippen LogP contribution in [0.2, 0.25) is 0 Å². The molecule has 0 saturated carbocycles. The number of nitrogens with zero attached hydrogens (tertiary/aromatic N) is 1. The van der Waals surface area contributed by atoms with E-state index in [1.807, 2.05) is 37.3 Å². The smallest absolute Gasteiger partial charge is 0.191 e. The molecule has 7 heteroatoms. The quantitative estimate of drug-likeness (QED) is 0.313. The minimum atomic E-state index is -0.00146. The number of aliphatic hydroxyl groups excluding tert-OH is 1. The number of aliphatic imine (C=N–C) groups is 1. The van der Waals surface area contributed by atoms with Gasteiger partial charge in [0.05, 0.1) is 13.2 Å². The van der Waals surface area contributed by atoms with Crippen LogP contribution in [0.25, 0.3) is 0 Å². The Hall–Kier alpha value is -1.06. The number of guanidine groups is 1. The molecule has 1 saturated heterocycles. The van der Waals surface area contributed by atoms with Crippen LogP contribution in [0.4, 0.5) is 0 Å². The molecule has 2 unspecified atom stereocenters. The van der Waals surface area contributed by atoms with Crippen molar-refractivity contribution in [3.63, 3.8) is 0 Å². The zero-order chi connectivity index (χ0) is 17.3. The van der Waals surface area contributed by atoms with Gasteiger partial charge in [-0.1, -0.05) is 18.2 Å². The van der Waals surface area contributed by atoms with E-state index in [1.54, 1.807) is 7.05 Å². The molecule has 0 aliphatic carbocycles. The first-order valence-corrected chi connectivity index (χ1v) is 8.52. The Balaban J connectivity index is 0.00000312. The van der Waals surface area contributed by atoms with Gasteiger partial charge in [0.1, 0.15) is 11.9 Å². The largest absolute Gasteiger partial charge is 0.489 e. The average Bonchev–Trinajstić information content (AvgIpc) is 3.05. The van der Waals surface area contributed by atoms with Gasteiger partial charge in [-0.3, -0.25) is 4.99 Å². The van der Waals surface area contributed by atoms with Crippen LogP contribution in [-0.4, -0.2) is 57.1 Å². The Morgan fingerprint density at radius 3 is 2.72 bits per heavy atom. The summed E-state index contributed by atoms with van der Waals surface area (Å²) in [6.07, 6.45) is 1.72. The molecule has 0 amide bonds. The Labute approximate surface area is 167 Å². The maximum atomic E-state index is 9.28. The number of benzene rings is 1. The Morgan fingerprint density at radius 2 is 2.12 bits per heavy atom. The van der Waals surface area contributed by atoms with Gasteiger partial charge in [0.25, 0.3) is 0 Å². The molecule has 1 aromatic rings. The molecule has 3 N–H and O–H groups in total. The summed E-state index contributed by atoms with van der Waals surface area (Å²) in [6, 6.07) is 9.78. The SMILES string of the molecule is CN=C(NCC(C)Oc1ccccc1)NCC1(CCO)CCOC1.I. The van der Waals surface area contributed by atoms with Crippen LogP contribution in [0, 0.1) is 5.41 Å². The molecule has 142 valence electrons. The number of ether oxygens (including phenoxy) is 2.